The molecule has 1 fully saturated rings. The summed E-state index contributed by atoms with van der Waals surface area (Å²) < 4.78 is 5.80. The Balaban J connectivity index is 2.03. The summed E-state index contributed by atoms with van der Waals surface area (Å²) in [5.74, 6) is 0. The number of anilines is 1. The Morgan fingerprint density at radius 1 is 1.45 bits per heavy atom. The van der Waals surface area contributed by atoms with E-state index >= 15 is 0 Å². The highest BCUT2D eigenvalue weighted by molar-refractivity contribution is 5.52. The van der Waals surface area contributed by atoms with E-state index in [0.29, 0.717) is 6.10 Å². The Hall–Kier alpha value is -1.13. The number of rotatable bonds is 7. The fourth-order valence-corrected chi connectivity index (χ4v) is 2.78. The highest BCUT2D eigenvalue weighted by Crippen LogP contribution is 2.24. The molecule has 0 saturated carbocycles. The van der Waals surface area contributed by atoms with E-state index in [1.165, 1.54) is 24.1 Å². The maximum atomic E-state index is 5.80. The molecule has 0 radical (unpaired) electrons. The van der Waals surface area contributed by atoms with E-state index < -0.39 is 0 Å². The van der Waals surface area contributed by atoms with E-state index in [9.17, 15) is 0 Å². The van der Waals surface area contributed by atoms with Gasteiger partial charge < -0.3 is 15.0 Å². The molecule has 1 N–H and O–H groups in total. The van der Waals surface area contributed by atoms with Crippen molar-refractivity contribution in [3.05, 3.63) is 24.0 Å². The van der Waals surface area contributed by atoms with Gasteiger partial charge in [-0.25, -0.2) is 0 Å². The van der Waals surface area contributed by atoms with E-state index in [1.807, 2.05) is 12.4 Å². The Kier molecular flexibility index (Phi) is 6.27. The van der Waals surface area contributed by atoms with Crippen LogP contribution in [0.1, 0.15) is 38.7 Å². The Morgan fingerprint density at radius 2 is 2.35 bits per heavy atom. The minimum Gasteiger partial charge on any atom is -0.377 e. The topological polar surface area (TPSA) is 37.4 Å². The van der Waals surface area contributed by atoms with E-state index in [4.69, 9.17) is 4.74 Å². The summed E-state index contributed by atoms with van der Waals surface area (Å²) in [6.45, 7) is 9.14. The molecule has 2 rings (SSSR count). The first-order valence-corrected chi connectivity index (χ1v) is 7.85. The van der Waals surface area contributed by atoms with E-state index in [1.54, 1.807) is 0 Å². The second-order valence-corrected chi connectivity index (χ2v) is 5.35. The molecule has 0 bridgehead atoms. The van der Waals surface area contributed by atoms with E-state index in [2.05, 4.69) is 35.1 Å². The third kappa shape index (κ3) is 4.18. The van der Waals surface area contributed by atoms with Gasteiger partial charge in [-0.2, -0.15) is 0 Å². The largest absolute Gasteiger partial charge is 0.377 e. The molecular formula is C16H27N3O. The van der Waals surface area contributed by atoms with Gasteiger partial charge in [0.15, 0.2) is 0 Å². The highest BCUT2D eigenvalue weighted by Gasteiger charge is 2.21. The molecule has 112 valence electrons. The molecule has 1 aliphatic rings. The lowest BCUT2D eigenvalue weighted by molar-refractivity contribution is 0.0526. The minimum absolute atomic E-state index is 0.366. The number of nitrogens with zero attached hydrogens (tertiary/aromatic N) is 2. The van der Waals surface area contributed by atoms with Crippen molar-refractivity contribution in [3.63, 3.8) is 0 Å². The monoisotopic (exact) mass is 277 g/mol. The van der Waals surface area contributed by atoms with Crippen molar-refractivity contribution < 1.29 is 4.74 Å². The van der Waals surface area contributed by atoms with Crippen LogP contribution in [-0.2, 0) is 11.3 Å². The molecule has 1 aromatic heterocycles. The Morgan fingerprint density at radius 3 is 3.15 bits per heavy atom. The molecule has 4 heteroatoms. The summed E-state index contributed by atoms with van der Waals surface area (Å²) in [5.41, 5.74) is 2.60. The van der Waals surface area contributed by atoms with Crippen LogP contribution in [0.4, 0.5) is 5.69 Å². The van der Waals surface area contributed by atoms with Crippen LogP contribution in [0.15, 0.2) is 18.5 Å². The van der Waals surface area contributed by atoms with Gasteiger partial charge in [0.05, 0.1) is 18.0 Å². The molecule has 0 amide bonds. The van der Waals surface area contributed by atoms with E-state index in [-0.39, 0.29) is 0 Å². The quantitative estimate of drug-likeness (QED) is 0.777. The van der Waals surface area contributed by atoms with Crippen molar-refractivity contribution in [2.45, 2.75) is 45.8 Å². The molecule has 0 spiro atoms. The molecule has 1 atom stereocenters. The van der Waals surface area contributed by atoms with Crippen molar-refractivity contribution >= 4 is 5.69 Å². The molecular weight excluding hydrogens is 250 g/mol. The summed E-state index contributed by atoms with van der Waals surface area (Å²) in [7, 11) is 0. The summed E-state index contributed by atoms with van der Waals surface area (Å²) in [6.07, 6.45) is 7.78. The molecule has 1 aromatic rings. The van der Waals surface area contributed by atoms with Crippen molar-refractivity contribution in [1.82, 2.24) is 10.3 Å². The van der Waals surface area contributed by atoms with Gasteiger partial charge >= 0.3 is 0 Å². The van der Waals surface area contributed by atoms with Crippen LogP contribution in [0.5, 0.6) is 0 Å². The van der Waals surface area contributed by atoms with Crippen LogP contribution in [0.25, 0.3) is 0 Å². The fourth-order valence-electron chi connectivity index (χ4n) is 2.78. The van der Waals surface area contributed by atoms with Crippen molar-refractivity contribution in [2.24, 2.45) is 0 Å². The number of pyridine rings is 1. The van der Waals surface area contributed by atoms with Gasteiger partial charge in [0, 0.05) is 32.4 Å². The van der Waals surface area contributed by atoms with Crippen LogP contribution in [0, 0.1) is 0 Å². The summed E-state index contributed by atoms with van der Waals surface area (Å²) in [5, 5.41) is 3.48. The minimum atomic E-state index is 0.366. The first kappa shape index (κ1) is 15.3. The summed E-state index contributed by atoms with van der Waals surface area (Å²) in [4.78, 5) is 6.74. The predicted octanol–water partition coefficient (Wildman–Crippen LogP) is 2.59. The lowest BCUT2D eigenvalue weighted by Crippen LogP contribution is -2.40. The van der Waals surface area contributed by atoms with Crippen LogP contribution in [0.3, 0.4) is 0 Å². The SMILES string of the molecule is CCCNCc1ccncc1N1CCCC(OCC)C1. The molecule has 0 aromatic carbocycles. The standard InChI is InChI=1S/C16H27N3O/c1-3-8-17-11-14-7-9-18-12-16(14)19-10-5-6-15(13-19)20-4-2/h7,9,12,15,17H,3-6,8,10-11,13H2,1-2H3. The second-order valence-electron chi connectivity index (χ2n) is 5.35. The Labute approximate surface area is 122 Å². The van der Waals surface area contributed by atoms with Gasteiger partial charge in [-0.15, -0.1) is 0 Å². The van der Waals surface area contributed by atoms with Crippen molar-refractivity contribution in [3.8, 4) is 0 Å². The third-order valence-electron chi connectivity index (χ3n) is 3.75. The maximum Gasteiger partial charge on any atom is 0.0750 e. The maximum absolute atomic E-state index is 5.80. The van der Waals surface area contributed by atoms with E-state index in [0.717, 1.165) is 39.2 Å². The van der Waals surface area contributed by atoms with Gasteiger partial charge in [-0.1, -0.05) is 6.92 Å². The third-order valence-corrected chi connectivity index (χ3v) is 3.75. The van der Waals surface area contributed by atoms with Crippen molar-refractivity contribution in [2.75, 3.05) is 31.1 Å². The zero-order chi connectivity index (χ0) is 14.2. The van der Waals surface area contributed by atoms with Gasteiger partial charge in [-0.05, 0) is 44.4 Å². The molecule has 0 aliphatic carbocycles. The zero-order valence-electron chi connectivity index (χ0n) is 12.8. The Bertz CT molecular complexity index is 395. The molecule has 20 heavy (non-hydrogen) atoms. The summed E-state index contributed by atoms with van der Waals surface area (Å²) >= 11 is 0. The number of hydrogen-bond donors (Lipinski definition) is 1. The van der Waals surface area contributed by atoms with Gasteiger partial charge in [0.25, 0.3) is 0 Å². The predicted molar refractivity (Wildman–Crippen MR) is 83.1 cm³/mol. The lowest BCUT2D eigenvalue weighted by Gasteiger charge is -2.35. The van der Waals surface area contributed by atoms with Gasteiger partial charge in [0.2, 0.25) is 0 Å². The molecule has 2 heterocycles. The van der Waals surface area contributed by atoms with Gasteiger partial charge in [-0.3, -0.25) is 4.98 Å². The molecule has 1 saturated heterocycles. The smallest absolute Gasteiger partial charge is 0.0750 e. The zero-order valence-corrected chi connectivity index (χ0v) is 12.8. The first-order valence-electron chi connectivity index (χ1n) is 7.85. The fraction of sp³-hybridized carbons (Fsp3) is 0.688. The number of nitrogens with one attached hydrogen (secondary N) is 1. The lowest BCUT2D eigenvalue weighted by atomic mass is 10.1. The van der Waals surface area contributed by atoms with Gasteiger partial charge in [0.1, 0.15) is 0 Å². The number of hydrogen-bond acceptors (Lipinski definition) is 4. The average molecular weight is 277 g/mol. The van der Waals surface area contributed by atoms with Crippen LogP contribution in [-0.4, -0.2) is 37.3 Å². The second kappa shape index (κ2) is 8.22. The number of piperidine rings is 1. The molecule has 1 aliphatic heterocycles. The van der Waals surface area contributed by atoms with Crippen LogP contribution in [0.2, 0.25) is 0 Å². The first-order chi connectivity index (χ1) is 9.85. The number of ether oxygens (including phenoxy) is 1. The highest BCUT2D eigenvalue weighted by atomic mass is 16.5. The average Bonchev–Trinajstić information content (AvgIpc) is 2.49. The van der Waals surface area contributed by atoms with Crippen LogP contribution >= 0.6 is 0 Å². The normalized spacial score (nSPS) is 19.3. The van der Waals surface area contributed by atoms with Crippen molar-refractivity contribution in [1.29, 1.82) is 0 Å². The summed E-state index contributed by atoms with van der Waals surface area (Å²) in [6, 6.07) is 2.13. The van der Waals surface area contributed by atoms with Crippen LogP contribution < -0.4 is 10.2 Å². The molecule has 1 unspecified atom stereocenters. The molecule has 4 nitrogen and oxygen atoms in total. The number of aromatic nitrogens is 1.